The number of benzene rings is 1. The van der Waals surface area contributed by atoms with Crippen LogP contribution in [0.25, 0.3) is 6.08 Å². The number of aryl methyl sites for hydroxylation is 1. The summed E-state index contributed by atoms with van der Waals surface area (Å²) in [7, 11) is -3.02. The zero-order valence-electron chi connectivity index (χ0n) is 11.4. The maximum atomic E-state index is 11.5. The Kier molecular flexibility index (Phi) is 4.73. The van der Waals surface area contributed by atoms with Gasteiger partial charge in [-0.15, -0.1) is 0 Å². The fourth-order valence-electron chi connectivity index (χ4n) is 2.22. The van der Waals surface area contributed by atoms with Crippen molar-refractivity contribution in [3.05, 3.63) is 33.8 Å². The van der Waals surface area contributed by atoms with Gasteiger partial charge in [0.15, 0.2) is 9.84 Å². The van der Waals surface area contributed by atoms with Gasteiger partial charge in [0.05, 0.1) is 11.5 Å². The maximum Gasteiger partial charge on any atom is 0.328 e. The zero-order chi connectivity index (χ0) is 15.6. The molecule has 1 aliphatic heterocycles. The van der Waals surface area contributed by atoms with Gasteiger partial charge in [0, 0.05) is 16.1 Å². The molecule has 0 bridgehead atoms. The van der Waals surface area contributed by atoms with Gasteiger partial charge in [0.1, 0.15) is 11.9 Å². The predicted octanol–water partition coefficient (Wildman–Crippen LogP) is 2.42. The van der Waals surface area contributed by atoms with Crippen LogP contribution in [-0.4, -0.2) is 37.1 Å². The summed E-state index contributed by atoms with van der Waals surface area (Å²) in [6.45, 7) is 1.83. The molecule has 0 aliphatic carbocycles. The third-order valence-electron chi connectivity index (χ3n) is 3.15. The van der Waals surface area contributed by atoms with E-state index >= 15 is 0 Å². The van der Waals surface area contributed by atoms with E-state index in [1.165, 1.54) is 6.08 Å². The fourth-order valence-corrected chi connectivity index (χ4v) is 4.40. The first-order valence-electron chi connectivity index (χ1n) is 6.35. The van der Waals surface area contributed by atoms with Crippen molar-refractivity contribution < 1.29 is 23.1 Å². The summed E-state index contributed by atoms with van der Waals surface area (Å²) in [6.07, 6.45) is 2.55. The van der Waals surface area contributed by atoms with E-state index in [9.17, 15) is 13.2 Å². The SMILES string of the molecule is Cc1cc(Br)cc(/C=C/C(=O)O)c1OC1CCS(=O)(=O)C1. The van der Waals surface area contributed by atoms with E-state index in [1.807, 2.05) is 13.0 Å². The molecule has 1 aromatic carbocycles. The molecular formula is C14H15BrO5S. The summed E-state index contributed by atoms with van der Waals surface area (Å²) < 4.78 is 29.6. The van der Waals surface area contributed by atoms with Crippen LogP contribution in [0.1, 0.15) is 17.5 Å². The molecule has 1 aromatic rings. The van der Waals surface area contributed by atoms with Crippen LogP contribution < -0.4 is 4.74 Å². The van der Waals surface area contributed by atoms with Gasteiger partial charge in [-0.3, -0.25) is 0 Å². The molecule has 0 radical (unpaired) electrons. The smallest absolute Gasteiger partial charge is 0.328 e. The van der Waals surface area contributed by atoms with Crippen LogP contribution in [0.15, 0.2) is 22.7 Å². The van der Waals surface area contributed by atoms with E-state index < -0.39 is 15.8 Å². The lowest BCUT2D eigenvalue weighted by atomic mass is 10.1. The van der Waals surface area contributed by atoms with Gasteiger partial charge in [-0.1, -0.05) is 15.9 Å². The molecule has 21 heavy (non-hydrogen) atoms. The summed E-state index contributed by atoms with van der Waals surface area (Å²) in [5, 5.41) is 8.74. The van der Waals surface area contributed by atoms with Crippen molar-refractivity contribution in [3.63, 3.8) is 0 Å². The van der Waals surface area contributed by atoms with Crippen molar-refractivity contribution in [2.45, 2.75) is 19.4 Å². The lowest BCUT2D eigenvalue weighted by Gasteiger charge is -2.17. The third kappa shape index (κ3) is 4.31. The van der Waals surface area contributed by atoms with Crippen molar-refractivity contribution in [1.29, 1.82) is 0 Å². The molecular weight excluding hydrogens is 360 g/mol. The average molecular weight is 375 g/mol. The number of halogens is 1. The van der Waals surface area contributed by atoms with Crippen LogP contribution in [-0.2, 0) is 14.6 Å². The molecule has 1 unspecified atom stereocenters. The lowest BCUT2D eigenvalue weighted by molar-refractivity contribution is -0.131. The lowest BCUT2D eigenvalue weighted by Crippen LogP contribution is -2.18. The number of rotatable bonds is 4. The van der Waals surface area contributed by atoms with Crippen LogP contribution in [0, 0.1) is 6.92 Å². The minimum atomic E-state index is -3.02. The molecule has 114 valence electrons. The van der Waals surface area contributed by atoms with Gasteiger partial charge >= 0.3 is 5.97 Å². The van der Waals surface area contributed by atoms with E-state index in [0.717, 1.165) is 16.1 Å². The highest BCUT2D eigenvalue weighted by molar-refractivity contribution is 9.10. The van der Waals surface area contributed by atoms with Crippen molar-refractivity contribution in [2.24, 2.45) is 0 Å². The highest BCUT2D eigenvalue weighted by atomic mass is 79.9. The summed E-state index contributed by atoms with van der Waals surface area (Å²) >= 11 is 3.35. The highest BCUT2D eigenvalue weighted by Gasteiger charge is 2.30. The second-order valence-electron chi connectivity index (χ2n) is 4.96. The Morgan fingerprint density at radius 3 is 2.76 bits per heavy atom. The van der Waals surface area contributed by atoms with Gasteiger partial charge < -0.3 is 9.84 Å². The minimum absolute atomic E-state index is 0.00455. The molecule has 0 amide bonds. The number of carbonyl (C=O) groups is 1. The number of hydrogen-bond donors (Lipinski definition) is 1. The molecule has 1 N–H and O–H groups in total. The molecule has 1 atom stereocenters. The van der Waals surface area contributed by atoms with Crippen LogP contribution in [0.2, 0.25) is 0 Å². The molecule has 0 saturated carbocycles. The number of sulfone groups is 1. The van der Waals surface area contributed by atoms with Crippen molar-refractivity contribution >= 4 is 37.8 Å². The number of carboxylic acid groups (broad SMARTS) is 1. The first-order chi connectivity index (χ1) is 9.77. The molecule has 0 spiro atoms. The standard InChI is InChI=1S/C14H15BrO5S/c1-9-6-11(15)7-10(2-3-13(16)17)14(9)20-12-4-5-21(18,19)8-12/h2-3,6-7,12H,4-5,8H2,1H3,(H,16,17)/b3-2+. The van der Waals surface area contributed by atoms with E-state index in [1.54, 1.807) is 6.07 Å². The average Bonchev–Trinajstić information content (AvgIpc) is 2.70. The number of ether oxygens (including phenoxy) is 1. The van der Waals surface area contributed by atoms with Crippen LogP contribution in [0.5, 0.6) is 5.75 Å². The largest absolute Gasteiger partial charge is 0.488 e. The van der Waals surface area contributed by atoms with Crippen LogP contribution in [0.4, 0.5) is 0 Å². The Hall–Kier alpha value is -1.34. The molecule has 7 heteroatoms. The zero-order valence-corrected chi connectivity index (χ0v) is 13.8. The second kappa shape index (κ2) is 6.19. The molecule has 1 fully saturated rings. The predicted molar refractivity (Wildman–Crippen MR) is 83.2 cm³/mol. The summed E-state index contributed by atoms with van der Waals surface area (Å²) in [6, 6.07) is 3.59. The molecule has 0 aromatic heterocycles. The molecule has 1 saturated heterocycles. The van der Waals surface area contributed by atoms with Gasteiger partial charge in [-0.05, 0) is 37.1 Å². The Morgan fingerprint density at radius 2 is 2.19 bits per heavy atom. The maximum absolute atomic E-state index is 11.5. The van der Waals surface area contributed by atoms with Crippen LogP contribution in [0.3, 0.4) is 0 Å². The minimum Gasteiger partial charge on any atom is -0.488 e. The quantitative estimate of drug-likeness (QED) is 0.818. The molecule has 1 aliphatic rings. The Labute approximate surface area is 131 Å². The van der Waals surface area contributed by atoms with Crippen molar-refractivity contribution in [2.75, 3.05) is 11.5 Å². The van der Waals surface area contributed by atoms with Gasteiger partial charge in [-0.2, -0.15) is 0 Å². The van der Waals surface area contributed by atoms with Crippen LogP contribution >= 0.6 is 15.9 Å². The summed E-state index contributed by atoms with van der Waals surface area (Å²) in [5.41, 5.74) is 1.42. The Balaban J connectivity index is 2.31. The van der Waals surface area contributed by atoms with Gasteiger partial charge in [-0.25, -0.2) is 13.2 Å². The third-order valence-corrected chi connectivity index (χ3v) is 5.34. The van der Waals surface area contributed by atoms with E-state index in [4.69, 9.17) is 9.84 Å². The first kappa shape index (κ1) is 16.0. The summed E-state index contributed by atoms with van der Waals surface area (Å²) in [5.74, 6) is -0.391. The number of hydrogen-bond acceptors (Lipinski definition) is 4. The van der Waals surface area contributed by atoms with Crippen molar-refractivity contribution in [1.82, 2.24) is 0 Å². The topological polar surface area (TPSA) is 80.7 Å². The molecule has 2 rings (SSSR count). The number of carboxylic acids is 1. The van der Waals surface area contributed by atoms with E-state index in [2.05, 4.69) is 15.9 Å². The van der Waals surface area contributed by atoms with Gasteiger partial charge in [0.25, 0.3) is 0 Å². The Bertz CT molecular complexity index is 694. The fraction of sp³-hybridized carbons (Fsp3) is 0.357. The summed E-state index contributed by atoms with van der Waals surface area (Å²) in [4.78, 5) is 10.7. The monoisotopic (exact) mass is 374 g/mol. The first-order valence-corrected chi connectivity index (χ1v) is 8.96. The van der Waals surface area contributed by atoms with Gasteiger partial charge in [0.2, 0.25) is 0 Å². The molecule has 1 heterocycles. The Morgan fingerprint density at radius 1 is 1.48 bits per heavy atom. The normalized spacial score (nSPS) is 20.8. The van der Waals surface area contributed by atoms with E-state index in [0.29, 0.717) is 17.7 Å². The second-order valence-corrected chi connectivity index (χ2v) is 8.10. The number of aliphatic carboxylic acids is 1. The van der Waals surface area contributed by atoms with Crippen molar-refractivity contribution in [3.8, 4) is 5.75 Å². The highest BCUT2D eigenvalue weighted by Crippen LogP contribution is 2.31. The van der Waals surface area contributed by atoms with E-state index in [-0.39, 0.29) is 17.6 Å². The molecule has 5 nitrogen and oxygen atoms in total.